The average molecular weight is 294 g/mol. The van der Waals surface area contributed by atoms with E-state index in [0.717, 1.165) is 0 Å². The summed E-state index contributed by atoms with van der Waals surface area (Å²) < 4.78 is 4.92. The molecule has 2 heterocycles. The number of carbonyl (C=O) groups excluding carboxylic acids is 2. The lowest BCUT2D eigenvalue weighted by Crippen LogP contribution is -2.69. The highest BCUT2D eigenvalue weighted by atomic mass is 16.5. The molecule has 1 aromatic heterocycles. The minimum atomic E-state index is -0.879. The van der Waals surface area contributed by atoms with E-state index in [1.807, 2.05) is 13.8 Å². The van der Waals surface area contributed by atoms with Gasteiger partial charge in [-0.2, -0.15) is 4.98 Å². The highest BCUT2D eigenvalue weighted by Gasteiger charge is 2.46. The Morgan fingerprint density at radius 2 is 2.05 bits per heavy atom. The predicted octanol–water partition coefficient (Wildman–Crippen LogP) is 0.682. The van der Waals surface area contributed by atoms with E-state index >= 15 is 0 Å². The zero-order valence-corrected chi connectivity index (χ0v) is 13.1. The Morgan fingerprint density at radius 3 is 2.57 bits per heavy atom. The summed E-state index contributed by atoms with van der Waals surface area (Å²) in [5, 5.41) is 6.62. The molecule has 116 valence electrons. The molecule has 1 aliphatic heterocycles. The van der Waals surface area contributed by atoms with Gasteiger partial charge >= 0.3 is 0 Å². The molecular weight excluding hydrogens is 272 g/mol. The number of aryl methyl sites for hydroxylation is 1. The van der Waals surface area contributed by atoms with E-state index in [0.29, 0.717) is 24.7 Å². The molecule has 1 fully saturated rings. The van der Waals surface area contributed by atoms with Gasteiger partial charge in [0.1, 0.15) is 11.6 Å². The van der Waals surface area contributed by atoms with E-state index in [4.69, 9.17) is 4.52 Å². The van der Waals surface area contributed by atoms with Crippen LogP contribution in [-0.4, -0.2) is 45.0 Å². The number of hydrogen-bond acceptors (Lipinski definition) is 5. The predicted molar refractivity (Wildman–Crippen MR) is 75.3 cm³/mol. The summed E-state index contributed by atoms with van der Waals surface area (Å²) in [5.74, 6) is 0.886. The number of carbonyl (C=O) groups is 2. The molecule has 2 rings (SSSR count). The fourth-order valence-corrected chi connectivity index (χ4v) is 2.63. The minimum Gasteiger partial charge on any atom is -0.340 e. The number of rotatable bonds is 4. The third-order valence-electron chi connectivity index (χ3n) is 3.61. The van der Waals surface area contributed by atoms with Crippen molar-refractivity contribution >= 4 is 11.8 Å². The van der Waals surface area contributed by atoms with Gasteiger partial charge in [-0.15, -0.1) is 0 Å². The van der Waals surface area contributed by atoms with Crippen molar-refractivity contribution in [3.8, 4) is 0 Å². The quantitative estimate of drug-likeness (QED) is 0.882. The van der Waals surface area contributed by atoms with Gasteiger partial charge in [-0.05, 0) is 19.8 Å². The number of nitrogens with one attached hydrogen (secondary N) is 1. The maximum absolute atomic E-state index is 12.6. The van der Waals surface area contributed by atoms with Crippen LogP contribution in [0, 0.1) is 12.8 Å². The monoisotopic (exact) mass is 294 g/mol. The second-order valence-electron chi connectivity index (χ2n) is 6.28. The van der Waals surface area contributed by atoms with Crippen LogP contribution >= 0.6 is 0 Å². The van der Waals surface area contributed by atoms with Crippen LogP contribution in [0.5, 0.6) is 0 Å². The normalized spacial score (nSPS) is 21.8. The van der Waals surface area contributed by atoms with Crippen LogP contribution in [0.1, 0.15) is 39.4 Å². The van der Waals surface area contributed by atoms with Crippen LogP contribution in [0.15, 0.2) is 4.52 Å². The van der Waals surface area contributed by atoms with Gasteiger partial charge in [0, 0.05) is 19.9 Å². The van der Waals surface area contributed by atoms with E-state index < -0.39 is 11.6 Å². The van der Waals surface area contributed by atoms with Crippen molar-refractivity contribution in [3.05, 3.63) is 11.7 Å². The van der Waals surface area contributed by atoms with Crippen LogP contribution in [0.4, 0.5) is 0 Å². The third kappa shape index (κ3) is 3.06. The molecule has 0 aliphatic carbocycles. The SMILES string of the molecule is Cc1nc(CCN2C(=O)C(C)(C)NC(=O)C2C(C)C)no1. The van der Waals surface area contributed by atoms with Crippen molar-refractivity contribution in [1.29, 1.82) is 0 Å². The fourth-order valence-electron chi connectivity index (χ4n) is 2.63. The Bertz CT molecular complexity index is 550. The summed E-state index contributed by atoms with van der Waals surface area (Å²) in [6.45, 7) is 9.42. The minimum absolute atomic E-state index is 0.0389. The van der Waals surface area contributed by atoms with E-state index in [9.17, 15) is 9.59 Å². The first-order valence-corrected chi connectivity index (χ1v) is 7.14. The Hall–Kier alpha value is -1.92. The summed E-state index contributed by atoms with van der Waals surface area (Å²) in [6.07, 6.45) is 0.468. The average Bonchev–Trinajstić information content (AvgIpc) is 2.76. The van der Waals surface area contributed by atoms with Gasteiger partial charge in [0.05, 0.1) is 0 Å². The second-order valence-corrected chi connectivity index (χ2v) is 6.28. The smallest absolute Gasteiger partial charge is 0.248 e. The molecule has 1 aliphatic rings. The van der Waals surface area contributed by atoms with Crippen LogP contribution in [-0.2, 0) is 16.0 Å². The van der Waals surface area contributed by atoms with Crippen LogP contribution < -0.4 is 5.32 Å². The summed E-state index contributed by atoms with van der Waals surface area (Å²) in [5.41, 5.74) is -0.879. The molecule has 1 atom stereocenters. The summed E-state index contributed by atoms with van der Waals surface area (Å²) in [4.78, 5) is 30.6. The summed E-state index contributed by atoms with van der Waals surface area (Å²) >= 11 is 0. The first-order valence-electron chi connectivity index (χ1n) is 7.14. The standard InChI is InChI=1S/C14H22N4O3/c1-8(2)11-12(19)16-14(4,5)13(20)18(11)7-6-10-15-9(3)21-17-10/h8,11H,6-7H2,1-5H3,(H,16,19). The number of hydrogen-bond donors (Lipinski definition) is 1. The molecule has 1 aromatic rings. The molecule has 1 saturated heterocycles. The first-order chi connectivity index (χ1) is 9.72. The lowest BCUT2D eigenvalue weighted by Gasteiger charge is -2.44. The van der Waals surface area contributed by atoms with Crippen LogP contribution in [0.3, 0.4) is 0 Å². The Morgan fingerprint density at radius 1 is 1.38 bits per heavy atom. The van der Waals surface area contributed by atoms with E-state index in [-0.39, 0.29) is 17.7 Å². The van der Waals surface area contributed by atoms with Crippen molar-refractivity contribution in [3.63, 3.8) is 0 Å². The Kier molecular flexibility index (Phi) is 4.02. The molecule has 0 aromatic carbocycles. The zero-order valence-electron chi connectivity index (χ0n) is 13.1. The lowest BCUT2D eigenvalue weighted by molar-refractivity contribution is -0.155. The number of amides is 2. The van der Waals surface area contributed by atoms with Crippen molar-refractivity contribution in [2.75, 3.05) is 6.54 Å². The van der Waals surface area contributed by atoms with Gasteiger partial charge in [-0.25, -0.2) is 0 Å². The zero-order chi connectivity index (χ0) is 15.8. The van der Waals surface area contributed by atoms with Crippen molar-refractivity contribution in [1.82, 2.24) is 20.4 Å². The molecular formula is C14H22N4O3. The van der Waals surface area contributed by atoms with Gasteiger partial charge in [0.2, 0.25) is 17.7 Å². The number of nitrogens with zero attached hydrogens (tertiary/aromatic N) is 3. The van der Waals surface area contributed by atoms with Crippen molar-refractivity contribution in [2.45, 2.75) is 52.6 Å². The largest absolute Gasteiger partial charge is 0.340 e. The molecule has 1 unspecified atom stereocenters. The van der Waals surface area contributed by atoms with Crippen molar-refractivity contribution < 1.29 is 14.1 Å². The summed E-state index contributed by atoms with van der Waals surface area (Å²) in [6, 6.07) is -0.460. The molecule has 1 N–H and O–H groups in total. The molecule has 0 radical (unpaired) electrons. The highest BCUT2D eigenvalue weighted by Crippen LogP contribution is 2.22. The van der Waals surface area contributed by atoms with Crippen LogP contribution in [0.25, 0.3) is 0 Å². The molecule has 0 saturated carbocycles. The lowest BCUT2D eigenvalue weighted by atomic mass is 9.91. The number of piperazine rings is 1. The van der Waals surface area contributed by atoms with E-state index in [1.54, 1.807) is 25.7 Å². The molecule has 7 heteroatoms. The number of aromatic nitrogens is 2. The Balaban J connectivity index is 2.18. The second kappa shape index (κ2) is 5.46. The van der Waals surface area contributed by atoms with E-state index in [1.165, 1.54) is 0 Å². The first kappa shape index (κ1) is 15.5. The van der Waals surface area contributed by atoms with Crippen LogP contribution in [0.2, 0.25) is 0 Å². The maximum atomic E-state index is 12.6. The fraction of sp³-hybridized carbons (Fsp3) is 0.714. The molecule has 0 spiro atoms. The molecule has 21 heavy (non-hydrogen) atoms. The summed E-state index contributed by atoms with van der Waals surface area (Å²) in [7, 11) is 0. The highest BCUT2D eigenvalue weighted by molar-refractivity contribution is 5.99. The topological polar surface area (TPSA) is 88.3 Å². The molecule has 0 bridgehead atoms. The van der Waals surface area contributed by atoms with Crippen molar-refractivity contribution in [2.24, 2.45) is 5.92 Å². The molecule has 2 amide bonds. The van der Waals surface area contributed by atoms with Gasteiger partial charge in [-0.3, -0.25) is 9.59 Å². The van der Waals surface area contributed by atoms with E-state index in [2.05, 4.69) is 15.5 Å². The van der Waals surface area contributed by atoms with Gasteiger partial charge in [0.15, 0.2) is 5.82 Å². The third-order valence-corrected chi connectivity index (χ3v) is 3.61. The molecule has 7 nitrogen and oxygen atoms in total. The van der Waals surface area contributed by atoms with Gasteiger partial charge in [-0.1, -0.05) is 19.0 Å². The Labute approximate surface area is 124 Å². The maximum Gasteiger partial charge on any atom is 0.248 e. The van der Waals surface area contributed by atoms with Gasteiger partial charge in [0.25, 0.3) is 0 Å². The van der Waals surface area contributed by atoms with Gasteiger partial charge < -0.3 is 14.7 Å².